The van der Waals surface area contributed by atoms with Gasteiger partial charge in [-0.1, -0.05) is 12.1 Å². The molecule has 21 heavy (non-hydrogen) atoms. The van der Waals surface area contributed by atoms with Gasteiger partial charge in [0.2, 0.25) is 0 Å². The van der Waals surface area contributed by atoms with Crippen LogP contribution in [0.15, 0.2) is 40.4 Å². The molecule has 0 saturated carbocycles. The lowest BCUT2D eigenvalue weighted by atomic mass is 10.3. The van der Waals surface area contributed by atoms with E-state index >= 15 is 0 Å². The van der Waals surface area contributed by atoms with Crippen molar-refractivity contribution in [3.05, 3.63) is 51.0 Å². The van der Waals surface area contributed by atoms with E-state index in [1.165, 1.54) is 16.2 Å². The Morgan fingerprint density at radius 1 is 1.19 bits per heavy atom. The van der Waals surface area contributed by atoms with Gasteiger partial charge in [0, 0.05) is 16.8 Å². The summed E-state index contributed by atoms with van der Waals surface area (Å²) in [6.45, 7) is 3.33. The number of carbonyl (C=O) groups excluding carboxylic acids is 1. The van der Waals surface area contributed by atoms with Crippen LogP contribution in [0.5, 0.6) is 0 Å². The van der Waals surface area contributed by atoms with Crippen LogP contribution < -0.4 is 0 Å². The van der Waals surface area contributed by atoms with Crippen molar-refractivity contribution < 1.29 is 4.79 Å². The molecule has 0 fully saturated rings. The zero-order valence-corrected chi connectivity index (χ0v) is 13.9. The number of nitrogens with zero attached hydrogens (tertiary/aromatic N) is 2. The molecule has 3 rings (SSSR count). The molecule has 0 atom stereocenters. The summed E-state index contributed by atoms with van der Waals surface area (Å²) in [4.78, 5) is 21.2. The molecular formula is C15H14N2OS3. The summed E-state index contributed by atoms with van der Waals surface area (Å²) in [5.41, 5.74) is 0.543. The third-order valence-electron chi connectivity index (χ3n) is 3.05. The van der Waals surface area contributed by atoms with Crippen LogP contribution in [0.2, 0.25) is 0 Å². The molecule has 0 aliphatic rings. The molecule has 108 valence electrons. The molecule has 3 nitrogen and oxygen atoms in total. The summed E-state index contributed by atoms with van der Waals surface area (Å²) in [6.07, 6.45) is 0. The molecule has 0 aliphatic heterocycles. The second-order valence-corrected chi connectivity index (χ2v) is 7.25. The van der Waals surface area contributed by atoms with Gasteiger partial charge in [-0.2, -0.15) is 0 Å². The van der Waals surface area contributed by atoms with E-state index in [4.69, 9.17) is 0 Å². The lowest BCUT2D eigenvalue weighted by molar-refractivity contribution is 0.0749. The first-order valence-corrected chi connectivity index (χ1v) is 9.23. The summed E-state index contributed by atoms with van der Waals surface area (Å²) < 4.78 is 0. The van der Waals surface area contributed by atoms with Crippen LogP contribution in [0.1, 0.15) is 22.3 Å². The van der Waals surface area contributed by atoms with Crippen molar-refractivity contribution in [2.24, 2.45) is 0 Å². The number of carbonyl (C=O) groups is 1. The van der Waals surface area contributed by atoms with Crippen LogP contribution in [0.4, 0.5) is 0 Å². The van der Waals surface area contributed by atoms with Gasteiger partial charge in [0.1, 0.15) is 10.7 Å². The van der Waals surface area contributed by atoms with E-state index in [1.54, 1.807) is 22.7 Å². The van der Waals surface area contributed by atoms with Crippen LogP contribution >= 0.6 is 34.0 Å². The first-order valence-electron chi connectivity index (χ1n) is 6.59. The third kappa shape index (κ3) is 3.23. The number of thiophene rings is 2. The number of hydrogen-bond acceptors (Lipinski definition) is 5. The average Bonchev–Trinajstić information content (AvgIpc) is 3.25. The minimum absolute atomic E-state index is 0.00459. The highest BCUT2D eigenvalue weighted by molar-refractivity contribution is 7.20. The number of hydrogen-bond donors (Lipinski definition) is 0. The Bertz CT molecular complexity index is 701. The quantitative estimate of drug-likeness (QED) is 0.683. The topological polar surface area (TPSA) is 33.2 Å². The minimum atomic E-state index is 0.00459. The van der Waals surface area contributed by atoms with Crippen molar-refractivity contribution >= 4 is 39.9 Å². The highest BCUT2D eigenvalue weighted by Crippen LogP contribution is 2.28. The molecule has 0 aliphatic carbocycles. The average molecular weight is 334 g/mol. The fourth-order valence-corrected chi connectivity index (χ4v) is 4.29. The smallest absolute Gasteiger partial charge is 0.273 e. The molecule has 6 heteroatoms. The predicted molar refractivity (Wildman–Crippen MR) is 90.2 cm³/mol. The highest BCUT2D eigenvalue weighted by atomic mass is 32.1. The van der Waals surface area contributed by atoms with E-state index < -0.39 is 0 Å². The molecule has 0 radical (unpaired) electrons. The van der Waals surface area contributed by atoms with E-state index in [-0.39, 0.29) is 5.91 Å². The largest absolute Gasteiger partial charge is 0.332 e. The lowest BCUT2D eigenvalue weighted by Gasteiger charge is -2.18. The Hall–Kier alpha value is -1.50. The Labute approximate surface area is 135 Å². The lowest BCUT2D eigenvalue weighted by Crippen LogP contribution is -2.30. The van der Waals surface area contributed by atoms with Crippen molar-refractivity contribution in [3.63, 3.8) is 0 Å². The molecule has 0 N–H and O–H groups in total. The summed E-state index contributed by atoms with van der Waals surface area (Å²) >= 11 is 4.84. The summed E-state index contributed by atoms with van der Waals surface area (Å²) in [6, 6.07) is 8.09. The molecule has 0 bridgehead atoms. The Morgan fingerprint density at radius 3 is 2.67 bits per heavy atom. The zero-order valence-electron chi connectivity index (χ0n) is 11.5. The van der Waals surface area contributed by atoms with E-state index in [9.17, 15) is 4.79 Å². The maximum Gasteiger partial charge on any atom is 0.273 e. The van der Waals surface area contributed by atoms with Gasteiger partial charge in [-0.05, 0) is 29.8 Å². The normalized spacial score (nSPS) is 10.7. The monoisotopic (exact) mass is 334 g/mol. The number of thiazole rings is 1. The van der Waals surface area contributed by atoms with Gasteiger partial charge in [-0.15, -0.1) is 34.0 Å². The number of amides is 1. The number of rotatable bonds is 5. The van der Waals surface area contributed by atoms with E-state index in [2.05, 4.69) is 11.1 Å². The van der Waals surface area contributed by atoms with E-state index in [0.717, 1.165) is 9.88 Å². The van der Waals surface area contributed by atoms with Crippen LogP contribution in [-0.2, 0) is 6.54 Å². The Balaban J connectivity index is 1.77. The van der Waals surface area contributed by atoms with E-state index in [1.807, 2.05) is 46.2 Å². The van der Waals surface area contributed by atoms with Crippen molar-refractivity contribution in [1.82, 2.24) is 9.88 Å². The maximum absolute atomic E-state index is 12.6. The molecule has 0 unspecified atom stereocenters. The number of aromatic nitrogens is 1. The highest BCUT2D eigenvalue weighted by Gasteiger charge is 2.18. The van der Waals surface area contributed by atoms with Crippen LogP contribution in [0, 0.1) is 0 Å². The fourth-order valence-electron chi connectivity index (χ4n) is 1.97. The van der Waals surface area contributed by atoms with Gasteiger partial charge < -0.3 is 4.90 Å². The standard InChI is InChI=1S/C15H14N2OS3/c1-2-17(9-11-5-3-7-19-11)15(18)12-10-21-14(16-12)13-6-4-8-20-13/h3-8,10H,2,9H2,1H3. The van der Waals surface area contributed by atoms with Gasteiger partial charge in [0.25, 0.3) is 5.91 Å². The van der Waals surface area contributed by atoms with Gasteiger partial charge in [0.15, 0.2) is 0 Å². The molecule has 0 aromatic carbocycles. The molecule has 0 saturated heterocycles. The van der Waals surface area contributed by atoms with Crippen molar-refractivity contribution in [2.45, 2.75) is 13.5 Å². The summed E-state index contributed by atoms with van der Waals surface area (Å²) in [7, 11) is 0. The minimum Gasteiger partial charge on any atom is -0.332 e. The molecule has 1 amide bonds. The Kier molecular flexibility index (Phi) is 4.48. The van der Waals surface area contributed by atoms with Gasteiger partial charge >= 0.3 is 0 Å². The molecule has 3 aromatic rings. The zero-order chi connectivity index (χ0) is 14.7. The van der Waals surface area contributed by atoms with Gasteiger partial charge in [-0.25, -0.2) is 4.98 Å². The van der Waals surface area contributed by atoms with Gasteiger partial charge in [-0.3, -0.25) is 4.79 Å². The summed E-state index contributed by atoms with van der Waals surface area (Å²) in [5.74, 6) is 0.00459. The molecular weight excluding hydrogens is 320 g/mol. The third-order valence-corrected chi connectivity index (χ3v) is 5.79. The van der Waals surface area contributed by atoms with E-state index in [0.29, 0.717) is 18.8 Å². The first-order chi connectivity index (χ1) is 10.3. The van der Waals surface area contributed by atoms with Crippen LogP contribution in [0.3, 0.4) is 0 Å². The van der Waals surface area contributed by atoms with Crippen LogP contribution in [0.25, 0.3) is 9.88 Å². The Morgan fingerprint density at radius 2 is 2.00 bits per heavy atom. The second-order valence-electron chi connectivity index (χ2n) is 4.41. The van der Waals surface area contributed by atoms with Crippen molar-refractivity contribution in [3.8, 4) is 9.88 Å². The van der Waals surface area contributed by atoms with Gasteiger partial charge in [0.05, 0.1) is 11.4 Å². The fraction of sp³-hybridized carbons (Fsp3) is 0.200. The second kappa shape index (κ2) is 6.51. The van der Waals surface area contributed by atoms with Crippen molar-refractivity contribution in [2.75, 3.05) is 6.54 Å². The molecule has 0 spiro atoms. The van der Waals surface area contributed by atoms with Crippen LogP contribution in [-0.4, -0.2) is 22.3 Å². The molecule has 3 aromatic heterocycles. The molecule has 3 heterocycles. The summed E-state index contributed by atoms with van der Waals surface area (Å²) in [5, 5.41) is 6.83. The predicted octanol–water partition coefficient (Wildman–Crippen LogP) is 4.60. The first kappa shape index (κ1) is 14.4. The van der Waals surface area contributed by atoms with Crippen molar-refractivity contribution in [1.29, 1.82) is 0 Å². The SMILES string of the molecule is CCN(Cc1cccs1)C(=O)c1csc(-c2cccs2)n1. The maximum atomic E-state index is 12.6.